The van der Waals surface area contributed by atoms with Gasteiger partial charge in [0.05, 0.1) is 5.56 Å². The molecule has 0 aromatic heterocycles. The molecule has 0 saturated carbocycles. The van der Waals surface area contributed by atoms with Crippen LogP contribution in [0.5, 0.6) is 11.5 Å². The first kappa shape index (κ1) is 15.5. The second kappa shape index (κ2) is 5.38. The summed E-state index contributed by atoms with van der Waals surface area (Å²) < 4.78 is 50.0. The molecule has 132 valence electrons. The minimum absolute atomic E-state index is 0.149. The van der Waals surface area contributed by atoms with Crippen molar-refractivity contribution in [1.82, 2.24) is 5.32 Å². The van der Waals surface area contributed by atoms with E-state index >= 15 is 0 Å². The zero-order valence-corrected chi connectivity index (χ0v) is 13.6. The van der Waals surface area contributed by atoms with Gasteiger partial charge in [-0.3, -0.25) is 0 Å². The molecular weight excluding hydrogens is 343 g/mol. The van der Waals surface area contributed by atoms with Crippen molar-refractivity contribution < 1.29 is 22.6 Å². The van der Waals surface area contributed by atoms with Crippen LogP contribution < -0.4 is 14.8 Å². The van der Waals surface area contributed by atoms with Gasteiger partial charge in [-0.15, -0.1) is 0 Å². The second-order valence-electron chi connectivity index (χ2n) is 6.47. The monoisotopic (exact) mass is 357 g/mol. The third kappa shape index (κ3) is 2.25. The van der Waals surface area contributed by atoms with Crippen LogP contribution in [0.25, 0.3) is 21.9 Å². The first-order valence-electron chi connectivity index (χ1n) is 8.28. The van der Waals surface area contributed by atoms with Gasteiger partial charge in [-0.2, -0.15) is 13.2 Å². The summed E-state index contributed by atoms with van der Waals surface area (Å²) in [4.78, 5) is 0. The first-order valence-corrected chi connectivity index (χ1v) is 8.28. The summed E-state index contributed by atoms with van der Waals surface area (Å²) in [5.74, 6) is 1.32. The average Bonchev–Trinajstić information content (AvgIpc) is 3.27. The summed E-state index contributed by atoms with van der Waals surface area (Å²) in [6.45, 7) is 1.57. The Bertz CT molecular complexity index is 1030. The fraction of sp³-hybridized carbons (Fsp3) is 0.200. The van der Waals surface area contributed by atoms with Crippen molar-refractivity contribution in [2.45, 2.75) is 19.3 Å². The van der Waals surface area contributed by atoms with Crippen molar-refractivity contribution in [2.75, 3.05) is 6.79 Å². The quantitative estimate of drug-likeness (QED) is 0.675. The SMILES string of the molecule is FC(F)(F)c1ccc(-c2c3c(cc4ccc5c(c24)OCO5)CNC3)cc1. The molecular formula is C20H14F3NO2. The molecule has 2 heterocycles. The van der Waals surface area contributed by atoms with Crippen molar-refractivity contribution in [3.8, 4) is 22.6 Å². The van der Waals surface area contributed by atoms with Crippen LogP contribution in [0.1, 0.15) is 16.7 Å². The van der Waals surface area contributed by atoms with Gasteiger partial charge in [0, 0.05) is 18.5 Å². The summed E-state index contributed by atoms with van der Waals surface area (Å²) in [7, 11) is 0. The summed E-state index contributed by atoms with van der Waals surface area (Å²) in [6, 6.07) is 11.3. The van der Waals surface area contributed by atoms with E-state index in [-0.39, 0.29) is 6.79 Å². The van der Waals surface area contributed by atoms with E-state index in [9.17, 15) is 13.2 Å². The highest BCUT2D eigenvalue weighted by Gasteiger charge is 2.31. The number of hydrogen-bond acceptors (Lipinski definition) is 3. The summed E-state index contributed by atoms with van der Waals surface area (Å²) in [6.07, 6.45) is -4.35. The molecule has 3 nitrogen and oxygen atoms in total. The standard InChI is InChI=1S/C20H14F3NO2/c21-20(22,23)14-4-1-11(2-5-14)17-15-9-24-8-13(15)7-12-3-6-16-19(18(12)17)26-10-25-16/h1-7,24H,8-10H2. The Labute approximate surface area is 147 Å². The lowest BCUT2D eigenvalue weighted by atomic mass is 9.90. The van der Waals surface area contributed by atoms with Gasteiger partial charge in [-0.1, -0.05) is 18.2 Å². The molecule has 0 spiro atoms. The molecule has 1 N–H and O–H groups in total. The maximum atomic E-state index is 12.9. The molecule has 3 aromatic rings. The largest absolute Gasteiger partial charge is 0.454 e. The van der Waals surface area contributed by atoms with E-state index in [2.05, 4.69) is 11.4 Å². The lowest BCUT2D eigenvalue weighted by Gasteiger charge is -2.15. The molecule has 0 fully saturated rings. The molecule has 26 heavy (non-hydrogen) atoms. The Hall–Kier alpha value is -2.73. The van der Waals surface area contributed by atoms with Gasteiger partial charge in [-0.25, -0.2) is 0 Å². The molecule has 6 heteroatoms. The van der Waals surface area contributed by atoms with Gasteiger partial charge >= 0.3 is 6.18 Å². The van der Waals surface area contributed by atoms with Gasteiger partial charge in [0.2, 0.25) is 6.79 Å². The van der Waals surface area contributed by atoms with Crippen molar-refractivity contribution in [3.05, 3.63) is 59.2 Å². The highest BCUT2D eigenvalue weighted by atomic mass is 19.4. The summed E-state index contributed by atoms with van der Waals surface area (Å²) in [5, 5.41) is 5.21. The maximum Gasteiger partial charge on any atom is 0.416 e. The number of fused-ring (bicyclic) bond motifs is 4. The minimum atomic E-state index is -4.35. The van der Waals surface area contributed by atoms with Gasteiger partial charge in [0.25, 0.3) is 0 Å². The average molecular weight is 357 g/mol. The number of nitrogens with one attached hydrogen (secondary N) is 1. The van der Waals surface area contributed by atoms with Crippen LogP contribution in [0.3, 0.4) is 0 Å². The number of hydrogen-bond donors (Lipinski definition) is 1. The zero-order chi connectivity index (χ0) is 17.9. The molecule has 0 saturated heterocycles. The van der Waals surface area contributed by atoms with Crippen LogP contribution in [-0.2, 0) is 19.3 Å². The molecule has 0 radical (unpaired) electrons. The van der Waals surface area contributed by atoms with Crippen molar-refractivity contribution in [2.24, 2.45) is 0 Å². The Morgan fingerprint density at radius 3 is 2.50 bits per heavy atom. The molecule has 0 amide bonds. The maximum absolute atomic E-state index is 12.9. The number of rotatable bonds is 1. The van der Waals surface area contributed by atoms with Crippen LogP contribution in [0.4, 0.5) is 13.2 Å². The smallest absolute Gasteiger partial charge is 0.416 e. The predicted molar refractivity (Wildman–Crippen MR) is 91.1 cm³/mol. The normalized spacial score (nSPS) is 15.5. The highest BCUT2D eigenvalue weighted by Crippen LogP contribution is 2.47. The Morgan fingerprint density at radius 1 is 0.923 bits per heavy atom. The Kier molecular flexibility index (Phi) is 3.21. The summed E-state index contributed by atoms with van der Waals surface area (Å²) >= 11 is 0. The van der Waals surface area contributed by atoms with E-state index in [1.54, 1.807) is 0 Å². The molecule has 5 rings (SSSR count). The van der Waals surface area contributed by atoms with E-state index in [1.165, 1.54) is 12.1 Å². The number of halogens is 3. The van der Waals surface area contributed by atoms with Crippen LogP contribution in [0.2, 0.25) is 0 Å². The van der Waals surface area contributed by atoms with Crippen LogP contribution in [0.15, 0.2) is 42.5 Å². The van der Waals surface area contributed by atoms with E-state index < -0.39 is 11.7 Å². The molecule has 2 aliphatic heterocycles. The van der Waals surface area contributed by atoms with Gasteiger partial charge in [-0.05, 0) is 51.9 Å². The van der Waals surface area contributed by atoms with Gasteiger partial charge in [0.1, 0.15) is 0 Å². The third-order valence-corrected chi connectivity index (χ3v) is 4.96. The van der Waals surface area contributed by atoms with Gasteiger partial charge < -0.3 is 14.8 Å². The fourth-order valence-corrected chi connectivity index (χ4v) is 3.78. The number of ether oxygens (including phenoxy) is 2. The van der Waals surface area contributed by atoms with E-state index in [0.29, 0.717) is 18.0 Å². The number of alkyl halides is 3. The summed E-state index contributed by atoms with van der Waals surface area (Å²) in [5.41, 5.74) is 3.26. The predicted octanol–water partition coefficient (Wildman–Crippen LogP) is 4.86. The lowest BCUT2D eigenvalue weighted by molar-refractivity contribution is -0.137. The highest BCUT2D eigenvalue weighted by molar-refractivity contribution is 6.05. The molecule has 3 aromatic carbocycles. The van der Waals surface area contributed by atoms with E-state index in [1.807, 2.05) is 12.1 Å². The number of benzene rings is 3. The van der Waals surface area contributed by atoms with Crippen LogP contribution in [0, 0.1) is 0 Å². The third-order valence-electron chi connectivity index (χ3n) is 4.96. The van der Waals surface area contributed by atoms with Crippen molar-refractivity contribution in [1.29, 1.82) is 0 Å². The lowest BCUT2D eigenvalue weighted by Crippen LogP contribution is -2.04. The van der Waals surface area contributed by atoms with Crippen molar-refractivity contribution in [3.63, 3.8) is 0 Å². The fourth-order valence-electron chi connectivity index (χ4n) is 3.78. The van der Waals surface area contributed by atoms with Gasteiger partial charge in [0.15, 0.2) is 11.5 Å². The Balaban J connectivity index is 1.80. The minimum Gasteiger partial charge on any atom is -0.454 e. The Morgan fingerprint density at radius 2 is 1.73 bits per heavy atom. The topological polar surface area (TPSA) is 30.5 Å². The molecule has 0 unspecified atom stereocenters. The molecule has 0 aliphatic carbocycles. The molecule has 2 aliphatic rings. The van der Waals surface area contributed by atoms with E-state index in [4.69, 9.17) is 9.47 Å². The second-order valence-corrected chi connectivity index (χ2v) is 6.47. The molecule has 0 atom stereocenters. The molecule has 0 bridgehead atoms. The van der Waals surface area contributed by atoms with Crippen molar-refractivity contribution >= 4 is 10.8 Å². The first-order chi connectivity index (χ1) is 12.5. The van der Waals surface area contributed by atoms with Crippen LogP contribution in [-0.4, -0.2) is 6.79 Å². The zero-order valence-electron chi connectivity index (χ0n) is 13.6. The van der Waals surface area contributed by atoms with Crippen LogP contribution >= 0.6 is 0 Å². The van der Waals surface area contributed by atoms with E-state index in [0.717, 1.165) is 51.7 Å².